The number of carbonyl (C=O) groups is 1. The second kappa shape index (κ2) is 7.61. The number of nitro groups is 1. The maximum atomic E-state index is 12.6. The predicted molar refractivity (Wildman–Crippen MR) is 103 cm³/mol. The molecular formula is C18H12ClN3O4S. The number of halogens is 1. The molecule has 0 spiro atoms. The second-order valence-electron chi connectivity index (χ2n) is 5.32. The number of rotatable bonds is 4. The Morgan fingerprint density at radius 1 is 1.44 bits per heavy atom. The molecule has 0 unspecified atom stereocenters. The van der Waals surface area contributed by atoms with Gasteiger partial charge in [0.05, 0.1) is 33.9 Å². The van der Waals surface area contributed by atoms with Crippen LogP contribution in [0.1, 0.15) is 10.4 Å². The molecule has 2 aromatic carbocycles. The van der Waals surface area contributed by atoms with Gasteiger partial charge >= 0.3 is 0 Å². The third-order valence-electron chi connectivity index (χ3n) is 3.72. The lowest BCUT2D eigenvalue weighted by Crippen LogP contribution is -2.17. The number of ether oxygens (including phenoxy) is 1. The standard InChI is InChI=1S/C18H12ClN3O4S/c1-3-9-21-16-14(26-2)5-4-6-15(16)27-18(21)20-17(23)12-10-11(22(24)25)7-8-13(12)19/h1,4-8,10H,9H2,2H3. The molecule has 0 saturated heterocycles. The molecule has 1 aromatic heterocycles. The normalized spacial score (nSPS) is 11.4. The minimum Gasteiger partial charge on any atom is -0.495 e. The number of fused-ring (bicyclic) bond motifs is 1. The highest BCUT2D eigenvalue weighted by Gasteiger charge is 2.17. The fraction of sp³-hybridized carbons (Fsp3) is 0.111. The first-order valence-corrected chi connectivity index (χ1v) is 8.78. The van der Waals surface area contributed by atoms with E-state index in [4.69, 9.17) is 22.8 Å². The second-order valence-corrected chi connectivity index (χ2v) is 6.74. The summed E-state index contributed by atoms with van der Waals surface area (Å²) in [6.45, 7) is 0.176. The number of thiazole rings is 1. The van der Waals surface area contributed by atoms with Gasteiger partial charge in [-0.25, -0.2) is 0 Å². The van der Waals surface area contributed by atoms with Crippen LogP contribution in [0.4, 0.5) is 5.69 Å². The van der Waals surface area contributed by atoms with E-state index in [1.165, 1.54) is 30.6 Å². The molecule has 0 aliphatic heterocycles. The topological polar surface area (TPSA) is 86.7 Å². The highest BCUT2D eigenvalue weighted by Crippen LogP contribution is 2.27. The number of nitro benzene ring substituents is 1. The van der Waals surface area contributed by atoms with E-state index in [9.17, 15) is 14.9 Å². The van der Waals surface area contributed by atoms with Crippen LogP contribution in [0.5, 0.6) is 5.75 Å². The van der Waals surface area contributed by atoms with Gasteiger partial charge in [-0.1, -0.05) is 34.9 Å². The van der Waals surface area contributed by atoms with Crippen molar-refractivity contribution in [3.63, 3.8) is 0 Å². The van der Waals surface area contributed by atoms with Gasteiger partial charge in [0.2, 0.25) is 0 Å². The number of nitrogens with zero attached hydrogens (tertiary/aromatic N) is 3. The number of hydrogen-bond donors (Lipinski definition) is 0. The zero-order valence-electron chi connectivity index (χ0n) is 14.0. The summed E-state index contributed by atoms with van der Waals surface area (Å²) in [4.78, 5) is 27.4. The number of benzene rings is 2. The SMILES string of the molecule is C#CCn1c(=NC(=O)c2cc([N+](=O)[O-])ccc2Cl)sc2cccc(OC)c21. The summed E-state index contributed by atoms with van der Waals surface area (Å²) in [5.74, 6) is 2.43. The zero-order valence-corrected chi connectivity index (χ0v) is 15.6. The van der Waals surface area contributed by atoms with Crippen molar-refractivity contribution < 1.29 is 14.5 Å². The monoisotopic (exact) mass is 401 g/mol. The van der Waals surface area contributed by atoms with Gasteiger partial charge in [-0.2, -0.15) is 4.99 Å². The molecule has 0 aliphatic rings. The Balaban J connectivity index is 2.20. The van der Waals surface area contributed by atoms with E-state index in [1.54, 1.807) is 10.6 Å². The van der Waals surface area contributed by atoms with Gasteiger partial charge in [0.15, 0.2) is 4.80 Å². The third-order valence-corrected chi connectivity index (χ3v) is 5.09. The number of methoxy groups -OCH3 is 1. The Labute approximate surface area is 162 Å². The Kier molecular flexibility index (Phi) is 5.26. The van der Waals surface area contributed by atoms with E-state index in [2.05, 4.69) is 10.9 Å². The van der Waals surface area contributed by atoms with Gasteiger partial charge in [0.1, 0.15) is 11.3 Å². The third kappa shape index (κ3) is 3.56. The maximum Gasteiger partial charge on any atom is 0.281 e. The van der Waals surface area contributed by atoms with Gasteiger partial charge in [-0.3, -0.25) is 14.9 Å². The van der Waals surface area contributed by atoms with E-state index in [0.29, 0.717) is 10.6 Å². The molecule has 0 radical (unpaired) electrons. The van der Waals surface area contributed by atoms with Crippen molar-refractivity contribution in [3.05, 3.63) is 61.9 Å². The lowest BCUT2D eigenvalue weighted by Gasteiger charge is -2.05. The van der Waals surface area contributed by atoms with Crippen molar-refractivity contribution in [2.75, 3.05) is 7.11 Å². The summed E-state index contributed by atoms with van der Waals surface area (Å²) in [5.41, 5.74) is 0.426. The van der Waals surface area contributed by atoms with Gasteiger partial charge in [0.25, 0.3) is 11.6 Å². The van der Waals surface area contributed by atoms with Crippen LogP contribution < -0.4 is 9.54 Å². The first kappa shape index (κ1) is 18.6. The average molecular weight is 402 g/mol. The lowest BCUT2D eigenvalue weighted by atomic mass is 10.2. The molecule has 0 N–H and O–H groups in total. The molecule has 136 valence electrons. The number of amides is 1. The van der Waals surface area contributed by atoms with Crippen molar-refractivity contribution in [3.8, 4) is 18.1 Å². The van der Waals surface area contributed by atoms with E-state index >= 15 is 0 Å². The van der Waals surface area contributed by atoms with Gasteiger partial charge in [-0.15, -0.1) is 6.42 Å². The Bertz CT molecular complexity index is 1170. The van der Waals surface area contributed by atoms with E-state index in [1.807, 2.05) is 12.1 Å². The minimum absolute atomic E-state index is 0.0532. The van der Waals surface area contributed by atoms with Crippen LogP contribution in [-0.2, 0) is 6.54 Å². The van der Waals surface area contributed by atoms with E-state index < -0.39 is 10.8 Å². The summed E-state index contributed by atoms with van der Waals surface area (Å²) in [5, 5.41) is 11.0. The summed E-state index contributed by atoms with van der Waals surface area (Å²) >= 11 is 7.29. The number of hydrogen-bond acceptors (Lipinski definition) is 5. The number of para-hydroxylation sites is 1. The van der Waals surface area contributed by atoms with Crippen molar-refractivity contribution in [2.24, 2.45) is 4.99 Å². The quantitative estimate of drug-likeness (QED) is 0.379. The summed E-state index contributed by atoms with van der Waals surface area (Å²) in [6.07, 6.45) is 5.46. The largest absolute Gasteiger partial charge is 0.495 e. The number of non-ortho nitro benzene ring substituents is 1. The van der Waals surface area contributed by atoms with Crippen LogP contribution >= 0.6 is 22.9 Å². The lowest BCUT2D eigenvalue weighted by molar-refractivity contribution is -0.384. The smallest absolute Gasteiger partial charge is 0.281 e. The number of carbonyl (C=O) groups excluding carboxylic acids is 1. The molecule has 0 fully saturated rings. The van der Waals surface area contributed by atoms with Crippen LogP contribution in [0.25, 0.3) is 10.2 Å². The highest BCUT2D eigenvalue weighted by molar-refractivity contribution is 7.16. The molecule has 1 heterocycles. The number of terminal acetylenes is 1. The number of aromatic nitrogens is 1. The van der Waals surface area contributed by atoms with Crippen LogP contribution in [0.15, 0.2) is 41.4 Å². The molecule has 3 aromatic rings. The minimum atomic E-state index is -0.694. The van der Waals surface area contributed by atoms with E-state index in [0.717, 1.165) is 16.3 Å². The van der Waals surface area contributed by atoms with Gasteiger partial charge in [-0.05, 0) is 18.2 Å². The highest BCUT2D eigenvalue weighted by atomic mass is 35.5. The molecular weight excluding hydrogens is 390 g/mol. The van der Waals surface area contributed by atoms with Crippen molar-refractivity contribution in [2.45, 2.75) is 6.54 Å². The molecule has 1 amide bonds. The van der Waals surface area contributed by atoms with E-state index in [-0.39, 0.29) is 22.8 Å². The molecule has 0 atom stereocenters. The Morgan fingerprint density at radius 3 is 2.89 bits per heavy atom. The first-order valence-electron chi connectivity index (χ1n) is 7.59. The Hall–Kier alpha value is -3.15. The van der Waals surface area contributed by atoms with Gasteiger partial charge in [0, 0.05) is 12.1 Å². The van der Waals surface area contributed by atoms with Crippen molar-refractivity contribution in [1.82, 2.24) is 4.57 Å². The molecule has 27 heavy (non-hydrogen) atoms. The van der Waals surface area contributed by atoms with Crippen LogP contribution in [0, 0.1) is 22.5 Å². The van der Waals surface area contributed by atoms with Crippen LogP contribution in [-0.4, -0.2) is 22.5 Å². The maximum absolute atomic E-state index is 12.6. The van der Waals surface area contributed by atoms with Gasteiger partial charge < -0.3 is 9.30 Å². The molecule has 3 rings (SSSR count). The molecule has 0 aliphatic carbocycles. The van der Waals surface area contributed by atoms with Crippen LogP contribution in [0.2, 0.25) is 5.02 Å². The zero-order chi connectivity index (χ0) is 19.6. The first-order chi connectivity index (χ1) is 13.0. The fourth-order valence-electron chi connectivity index (χ4n) is 2.52. The molecule has 7 nitrogen and oxygen atoms in total. The molecule has 9 heteroatoms. The average Bonchev–Trinajstić information content (AvgIpc) is 2.99. The summed E-state index contributed by atoms with van der Waals surface area (Å²) in [7, 11) is 1.54. The molecule has 0 saturated carbocycles. The fourth-order valence-corrected chi connectivity index (χ4v) is 3.77. The van der Waals surface area contributed by atoms with Crippen LogP contribution in [0.3, 0.4) is 0 Å². The van der Waals surface area contributed by atoms with Crippen molar-refractivity contribution in [1.29, 1.82) is 0 Å². The summed E-state index contributed by atoms with van der Waals surface area (Å²) in [6, 6.07) is 9.09. The van der Waals surface area contributed by atoms with Crippen molar-refractivity contribution >= 4 is 44.7 Å². The molecule has 0 bridgehead atoms. The Morgan fingerprint density at radius 2 is 2.22 bits per heavy atom. The summed E-state index contributed by atoms with van der Waals surface area (Å²) < 4.78 is 7.89. The predicted octanol–water partition coefficient (Wildman–Crippen LogP) is 3.65.